The maximum Gasteiger partial charge on any atom is 0.262 e. The molecule has 1 amide bonds. The zero-order valence-electron chi connectivity index (χ0n) is 15.1. The average molecular weight is 369 g/mol. The highest BCUT2D eigenvalue weighted by Gasteiger charge is 2.43. The first-order valence-corrected chi connectivity index (χ1v) is 8.80. The number of hydrogen-bond donors (Lipinski definition) is 1. The fourth-order valence-corrected chi connectivity index (χ4v) is 3.48. The number of rotatable bonds is 4. The molecule has 2 aliphatic rings. The van der Waals surface area contributed by atoms with Crippen molar-refractivity contribution in [3.05, 3.63) is 18.2 Å². The standard InChI is InChI=1S/C18H25F2N3O3/c1-25-14-8-13(9-15(10-14)26-2)22-4-3-5-23(7-6-22)17(24)16-11-18(19,20)12-21-16/h8-10,16,21H,3-7,11-12H2,1-2H3. The third-order valence-electron chi connectivity index (χ3n) is 4.92. The van der Waals surface area contributed by atoms with Gasteiger partial charge in [0.2, 0.25) is 5.91 Å². The van der Waals surface area contributed by atoms with E-state index in [1.807, 2.05) is 18.2 Å². The van der Waals surface area contributed by atoms with Crippen molar-refractivity contribution in [2.75, 3.05) is 51.8 Å². The van der Waals surface area contributed by atoms with Crippen molar-refractivity contribution in [3.8, 4) is 11.5 Å². The van der Waals surface area contributed by atoms with Gasteiger partial charge in [-0.25, -0.2) is 8.78 Å². The van der Waals surface area contributed by atoms with Crippen LogP contribution in [0.5, 0.6) is 11.5 Å². The van der Waals surface area contributed by atoms with Crippen LogP contribution in [0.25, 0.3) is 0 Å². The number of carbonyl (C=O) groups excluding carboxylic acids is 1. The molecule has 2 fully saturated rings. The Morgan fingerprint density at radius 3 is 2.38 bits per heavy atom. The summed E-state index contributed by atoms with van der Waals surface area (Å²) in [7, 11) is 3.21. The summed E-state index contributed by atoms with van der Waals surface area (Å²) in [6.45, 7) is 2.05. The highest BCUT2D eigenvalue weighted by atomic mass is 19.3. The molecule has 1 atom stereocenters. The maximum atomic E-state index is 13.4. The number of alkyl halides is 2. The Hall–Kier alpha value is -2.09. The lowest BCUT2D eigenvalue weighted by Gasteiger charge is -2.26. The van der Waals surface area contributed by atoms with Gasteiger partial charge in [-0.3, -0.25) is 10.1 Å². The lowest BCUT2D eigenvalue weighted by molar-refractivity contribution is -0.133. The van der Waals surface area contributed by atoms with Gasteiger partial charge in [-0.2, -0.15) is 0 Å². The number of halogens is 2. The van der Waals surface area contributed by atoms with Gasteiger partial charge in [0.15, 0.2) is 0 Å². The molecule has 1 aromatic rings. The molecular weight excluding hydrogens is 344 g/mol. The number of amides is 1. The van der Waals surface area contributed by atoms with Gasteiger partial charge in [0.25, 0.3) is 5.92 Å². The van der Waals surface area contributed by atoms with E-state index in [2.05, 4.69) is 10.2 Å². The summed E-state index contributed by atoms with van der Waals surface area (Å²) < 4.78 is 37.4. The van der Waals surface area contributed by atoms with Gasteiger partial charge in [0.1, 0.15) is 11.5 Å². The summed E-state index contributed by atoms with van der Waals surface area (Å²) in [5.41, 5.74) is 0.959. The number of benzene rings is 1. The lowest BCUT2D eigenvalue weighted by Crippen LogP contribution is -2.45. The zero-order chi connectivity index (χ0) is 18.7. The largest absolute Gasteiger partial charge is 0.497 e. The number of nitrogens with zero attached hydrogens (tertiary/aromatic N) is 2. The van der Waals surface area contributed by atoms with E-state index in [-0.39, 0.29) is 5.91 Å². The minimum absolute atomic E-state index is 0.229. The number of anilines is 1. The number of ether oxygens (including phenoxy) is 2. The van der Waals surface area contributed by atoms with Crippen molar-refractivity contribution < 1.29 is 23.0 Å². The van der Waals surface area contributed by atoms with Crippen LogP contribution in [0.2, 0.25) is 0 Å². The van der Waals surface area contributed by atoms with E-state index in [4.69, 9.17) is 9.47 Å². The number of nitrogens with one attached hydrogen (secondary N) is 1. The van der Waals surface area contributed by atoms with Crippen molar-refractivity contribution in [1.29, 1.82) is 0 Å². The Morgan fingerprint density at radius 2 is 1.81 bits per heavy atom. The minimum Gasteiger partial charge on any atom is -0.497 e. The summed E-state index contributed by atoms with van der Waals surface area (Å²) in [6.07, 6.45) is 0.355. The van der Waals surface area contributed by atoms with E-state index in [1.165, 1.54) is 0 Å². The highest BCUT2D eigenvalue weighted by molar-refractivity contribution is 5.82. The predicted octanol–water partition coefficient (Wildman–Crippen LogP) is 1.74. The second kappa shape index (κ2) is 7.65. The molecule has 6 nitrogen and oxygen atoms in total. The molecule has 0 saturated carbocycles. The Bertz CT molecular complexity index is 634. The molecule has 1 N–H and O–H groups in total. The van der Waals surface area contributed by atoms with Crippen molar-refractivity contribution in [3.63, 3.8) is 0 Å². The highest BCUT2D eigenvalue weighted by Crippen LogP contribution is 2.30. The van der Waals surface area contributed by atoms with Gasteiger partial charge in [-0.15, -0.1) is 0 Å². The minimum atomic E-state index is -2.80. The zero-order valence-corrected chi connectivity index (χ0v) is 15.1. The monoisotopic (exact) mass is 369 g/mol. The molecule has 2 aliphatic heterocycles. The lowest BCUT2D eigenvalue weighted by atomic mass is 10.1. The maximum absolute atomic E-state index is 13.4. The first kappa shape index (κ1) is 18.7. The van der Waals surface area contributed by atoms with Crippen LogP contribution in [0.3, 0.4) is 0 Å². The molecule has 0 aromatic heterocycles. The number of methoxy groups -OCH3 is 2. The van der Waals surface area contributed by atoms with E-state index in [0.717, 1.165) is 18.7 Å². The van der Waals surface area contributed by atoms with E-state index in [9.17, 15) is 13.6 Å². The fourth-order valence-electron chi connectivity index (χ4n) is 3.48. The molecule has 26 heavy (non-hydrogen) atoms. The molecule has 0 radical (unpaired) electrons. The Kier molecular flexibility index (Phi) is 5.50. The van der Waals surface area contributed by atoms with Crippen molar-refractivity contribution >= 4 is 11.6 Å². The van der Waals surface area contributed by atoms with Gasteiger partial charge in [0.05, 0.1) is 26.8 Å². The quantitative estimate of drug-likeness (QED) is 0.876. The third kappa shape index (κ3) is 4.17. The normalized spacial score (nSPS) is 22.8. The molecule has 3 rings (SSSR count). The molecular formula is C18H25F2N3O3. The van der Waals surface area contributed by atoms with Crippen LogP contribution < -0.4 is 19.7 Å². The Balaban J connectivity index is 1.66. The van der Waals surface area contributed by atoms with E-state index < -0.39 is 24.9 Å². The first-order chi connectivity index (χ1) is 12.4. The Labute approximate surface area is 152 Å². The van der Waals surface area contributed by atoms with Crippen molar-refractivity contribution in [2.45, 2.75) is 24.8 Å². The van der Waals surface area contributed by atoms with E-state index in [1.54, 1.807) is 19.1 Å². The topological polar surface area (TPSA) is 54.0 Å². The van der Waals surface area contributed by atoms with Gasteiger partial charge in [0, 0.05) is 56.5 Å². The van der Waals surface area contributed by atoms with Gasteiger partial charge < -0.3 is 19.3 Å². The smallest absolute Gasteiger partial charge is 0.262 e. The Morgan fingerprint density at radius 1 is 1.12 bits per heavy atom. The third-order valence-corrected chi connectivity index (χ3v) is 4.92. The summed E-state index contributed by atoms with van der Waals surface area (Å²) >= 11 is 0. The van der Waals surface area contributed by atoms with Gasteiger partial charge in [-0.1, -0.05) is 0 Å². The number of hydrogen-bond acceptors (Lipinski definition) is 5. The molecule has 2 heterocycles. The van der Waals surface area contributed by atoms with Crippen molar-refractivity contribution in [1.82, 2.24) is 10.2 Å². The summed E-state index contributed by atoms with van der Waals surface area (Å²) in [6, 6.07) is 4.88. The number of carbonyl (C=O) groups is 1. The molecule has 0 spiro atoms. The van der Waals surface area contributed by atoms with Crippen LogP contribution in [0.4, 0.5) is 14.5 Å². The molecule has 2 saturated heterocycles. The molecule has 0 aliphatic carbocycles. The van der Waals surface area contributed by atoms with E-state index >= 15 is 0 Å². The van der Waals surface area contributed by atoms with Crippen molar-refractivity contribution in [2.24, 2.45) is 0 Å². The molecule has 8 heteroatoms. The van der Waals surface area contributed by atoms with Crippen LogP contribution in [0.1, 0.15) is 12.8 Å². The van der Waals surface area contributed by atoms with Crippen LogP contribution in [0.15, 0.2) is 18.2 Å². The van der Waals surface area contributed by atoms with Gasteiger partial charge in [-0.05, 0) is 6.42 Å². The second-order valence-corrected chi connectivity index (χ2v) is 6.73. The molecule has 0 bridgehead atoms. The molecule has 1 aromatic carbocycles. The van der Waals surface area contributed by atoms with Crippen LogP contribution in [-0.4, -0.2) is 69.7 Å². The summed E-state index contributed by atoms with van der Waals surface area (Å²) in [5.74, 6) is -1.62. The summed E-state index contributed by atoms with van der Waals surface area (Å²) in [5, 5.41) is 2.65. The predicted molar refractivity (Wildman–Crippen MR) is 94.3 cm³/mol. The van der Waals surface area contributed by atoms with Crippen LogP contribution in [0, 0.1) is 0 Å². The SMILES string of the molecule is COc1cc(OC)cc(N2CCCN(C(=O)C3CC(F)(F)CN3)CC2)c1. The first-order valence-electron chi connectivity index (χ1n) is 8.80. The average Bonchev–Trinajstić information content (AvgIpc) is 2.85. The van der Waals surface area contributed by atoms with Gasteiger partial charge >= 0.3 is 0 Å². The molecule has 144 valence electrons. The summed E-state index contributed by atoms with van der Waals surface area (Å²) in [4.78, 5) is 16.4. The second-order valence-electron chi connectivity index (χ2n) is 6.73. The molecule has 1 unspecified atom stereocenters. The fraction of sp³-hybridized carbons (Fsp3) is 0.611. The van der Waals surface area contributed by atoms with Crippen LogP contribution in [-0.2, 0) is 4.79 Å². The van der Waals surface area contributed by atoms with Crippen LogP contribution >= 0.6 is 0 Å². The van der Waals surface area contributed by atoms with E-state index in [0.29, 0.717) is 31.1 Å².